The van der Waals surface area contributed by atoms with Crippen molar-refractivity contribution in [3.8, 4) is 0 Å². The van der Waals surface area contributed by atoms with Crippen LogP contribution in [-0.2, 0) is 16.9 Å². The maximum atomic E-state index is 14.0. The third-order valence-electron chi connectivity index (χ3n) is 5.05. The Hall–Kier alpha value is -2.99. The molecule has 3 N–H and O–H groups in total. The summed E-state index contributed by atoms with van der Waals surface area (Å²) < 4.78 is 48.4. The molecule has 35 heavy (non-hydrogen) atoms. The van der Waals surface area contributed by atoms with Gasteiger partial charge in [0.25, 0.3) is 5.69 Å². The van der Waals surface area contributed by atoms with Crippen molar-refractivity contribution < 1.29 is 33.0 Å². The summed E-state index contributed by atoms with van der Waals surface area (Å²) in [5.74, 6) is 0. The van der Waals surface area contributed by atoms with E-state index in [4.69, 9.17) is 9.84 Å². The summed E-state index contributed by atoms with van der Waals surface area (Å²) in [5.41, 5.74) is -2.79. The normalized spacial score (nSPS) is 13.4. The first-order chi connectivity index (χ1) is 16.4. The molecule has 1 unspecified atom stereocenters. The van der Waals surface area contributed by atoms with Crippen molar-refractivity contribution in [2.24, 2.45) is 0 Å². The summed E-state index contributed by atoms with van der Waals surface area (Å²) in [5, 5.41) is 32.7. The van der Waals surface area contributed by atoms with Crippen LogP contribution in [0, 0.1) is 10.1 Å². The third-order valence-corrected chi connectivity index (χ3v) is 5.05. The molecule has 192 valence electrons. The Labute approximate surface area is 201 Å². The fourth-order valence-electron chi connectivity index (χ4n) is 3.43. The van der Waals surface area contributed by atoms with E-state index in [1.165, 1.54) is 30.0 Å². The van der Waals surface area contributed by atoms with Gasteiger partial charge >= 0.3 is 6.18 Å². The largest absolute Gasteiger partial charge is 0.422 e. The number of methoxy groups -OCH3 is 1. The van der Waals surface area contributed by atoms with Crippen molar-refractivity contribution in [3.63, 3.8) is 0 Å². The van der Waals surface area contributed by atoms with Crippen LogP contribution in [0.3, 0.4) is 0 Å². The minimum absolute atomic E-state index is 0.0925. The molecule has 0 bridgehead atoms. The third kappa shape index (κ3) is 7.25. The van der Waals surface area contributed by atoms with E-state index in [-0.39, 0.29) is 48.0 Å². The van der Waals surface area contributed by atoms with Crippen LogP contribution in [0.2, 0.25) is 0 Å². The molecule has 0 radical (unpaired) electrons. The van der Waals surface area contributed by atoms with Gasteiger partial charge in [0, 0.05) is 62.1 Å². The summed E-state index contributed by atoms with van der Waals surface area (Å²) in [6.07, 6.45) is -3.94. The number of aromatic nitrogens is 1. The van der Waals surface area contributed by atoms with E-state index in [9.17, 15) is 28.4 Å². The van der Waals surface area contributed by atoms with Crippen molar-refractivity contribution >= 4 is 16.6 Å². The maximum Gasteiger partial charge on any atom is 0.422 e. The molecule has 0 saturated carbocycles. The second-order valence-electron chi connectivity index (χ2n) is 8.24. The standard InChI is InChI=1S/C21H22F3N3O4.C3H8O/c1-31-10-9-25-14-20(28,21(22,23)24)18-13-26(12-15-5-3-2-4-6-15)19-11-16(27(29)30)7-8-17(18)19;1-3(2)4/h2-8,11,13,25,28H,9-10,12,14H2,1H3;3-4H,1-2H3. The molecule has 0 saturated heterocycles. The van der Waals surface area contributed by atoms with Gasteiger partial charge in [-0.3, -0.25) is 10.1 Å². The summed E-state index contributed by atoms with van der Waals surface area (Å²) in [6.45, 7) is 3.13. The summed E-state index contributed by atoms with van der Waals surface area (Å²) in [4.78, 5) is 10.6. The highest BCUT2D eigenvalue weighted by atomic mass is 19.4. The van der Waals surface area contributed by atoms with Crippen LogP contribution < -0.4 is 5.32 Å². The smallest absolute Gasteiger partial charge is 0.394 e. The number of nitrogens with one attached hydrogen (secondary N) is 1. The molecule has 11 heteroatoms. The molecule has 1 heterocycles. The lowest BCUT2D eigenvalue weighted by atomic mass is 9.92. The number of rotatable bonds is 9. The Balaban J connectivity index is 0.00000100. The number of aliphatic hydroxyl groups is 2. The van der Waals surface area contributed by atoms with Crippen LogP contribution in [0.15, 0.2) is 54.7 Å². The van der Waals surface area contributed by atoms with Gasteiger partial charge in [-0.05, 0) is 25.5 Å². The molecule has 0 aliphatic heterocycles. The first-order valence-corrected chi connectivity index (χ1v) is 10.9. The van der Waals surface area contributed by atoms with Crippen molar-refractivity contribution in [2.45, 2.75) is 38.3 Å². The monoisotopic (exact) mass is 497 g/mol. The Kier molecular flexibility index (Phi) is 9.78. The van der Waals surface area contributed by atoms with Gasteiger partial charge in [-0.1, -0.05) is 30.3 Å². The fraction of sp³-hybridized carbons (Fsp3) is 0.417. The van der Waals surface area contributed by atoms with Crippen molar-refractivity contribution in [1.29, 1.82) is 0 Å². The molecule has 3 aromatic rings. The minimum Gasteiger partial charge on any atom is -0.394 e. The van der Waals surface area contributed by atoms with Gasteiger partial charge in [0.15, 0.2) is 5.60 Å². The van der Waals surface area contributed by atoms with E-state index < -0.39 is 23.2 Å². The number of hydrogen-bond donors (Lipinski definition) is 3. The van der Waals surface area contributed by atoms with E-state index in [0.29, 0.717) is 0 Å². The average Bonchev–Trinajstić information content (AvgIpc) is 3.14. The van der Waals surface area contributed by atoms with Gasteiger partial charge in [0.05, 0.1) is 17.0 Å². The first kappa shape index (κ1) is 28.2. The van der Waals surface area contributed by atoms with Crippen LogP contribution in [0.5, 0.6) is 0 Å². The second kappa shape index (κ2) is 12.1. The number of ether oxygens (including phenoxy) is 1. The molecular formula is C24H30F3N3O5. The van der Waals surface area contributed by atoms with Gasteiger partial charge in [-0.2, -0.15) is 13.2 Å². The summed E-state index contributed by atoms with van der Waals surface area (Å²) in [7, 11) is 1.42. The minimum atomic E-state index is -4.99. The number of alkyl halides is 3. The molecule has 1 aromatic heterocycles. The number of nitro benzene ring substituents is 1. The molecule has 1 atom stereocenters. The molecule has 0 fully saturated rings. The number of hydrogen-bond acceptors (Lipinski definition) is 6. The van der Waals surface area contributed by atoms with Crippen molar-refractivity contribution in [1.82, 2.24) is 9.88 Å². The second-order valence-corrected chi connectivity index (χ2v) is 8.24. The highest BCUT2D eigenvalue weighted by molar-refractivity contribution is 5.87. The Morgan fingerprint density at radius 3 is 2.34 bits per heavy atom. The highest BCUT2D eigenvalue weighted by Crippen LogP contribution is 2.43. The van der Waals surface area contributed by atoms with E-state index in [2.05, 4.69) is 5.32 Å². The zero-order valence-electron chi connectivity index (χ0n) is 19.7. The maximum absolute atomic E-state index is 14.0. The summed E-state index contributed by atoms with van der Waals surface area (Å²) in [6, 6.07) is 12.6. The zero-order valence-corrected chi connectivity index (χ0v) is 19.7. The van der Waals surface area contributed by atoms with Crippen LogP contribution in [0.1, 0.15) is 25.0 Å². The molecular weight excluding hydrogens is 467 g/mol. The van der Waals surface area contributed by atoms with Crippen LogP contribution in [-0.4, -0.2) is 58.8 Å². The van der Waals surface area contributed by atoms with Crippen LogP contribution in [0.25, 0.3) is 10.9 Å². The molecule has 2 aromatic carbocycles. The lowest BCUT2D eigenvalue weighted by Crippen LogP contribution is -2.50. The number of benzene rings is 2. The average molecular weight is 498 g/mol. The number of halogens is 3. The van der Waals surface area contributed by atoms with Gasteiger partial charge in [0.2, 0.25) is 0 Å². The highest BCUT2D eigenvalue weighted by Gasteiger charge is 2.56. The van der Waals surface area contributed by atoms with Crippen LogP contribution >= 0.6 is 0 Å². The molecule has 0 aliphatic rings. The number of aliphatic hydroxyl groups excluding tert-OH is 1. The van der Waals surface area contributed by atoms with Crippen molar-refractivity contribution in [3.05, 3.63) is 76.0 Å². The van der Waals surface area contributed by atoms with Crippen LogP contribution in [0.4, 0.5) is 18.9 Å². The van der Waals surface area contributed by atoms with Gasteiger partial charge < -0.3 is 24.8 Å². The van der Waals surface area contributed by atoms with E-state index in [1.54, 1.807) is 38.1 Å². The molecule has 3 rings (SSSR count). The van der Waals surface area contributed by atoms with Gasteiger partial charge in [-0.25, -0.2) is 0 Å². The molecule has 0 spiro atoms. The topological polar surface area (TPSA) is 110 Å². The molecule has 0 amide bonds. The van der Waals surface area contributed by atoms with E-state index >= 15 is 0 Å². The Bertz CT molecular complexity index is 1100. The van der Waals surface area contributed by atoms with E-state index in [0.717, 1.165) is 11.6 Å². The number of nitro groups is 1. The zero-order chi connectivity index (χ0) is 26.2. The number of non-ortho nitro benzene ring substituents is 1. The Morgan fingerprint density at radius 1 is 1.17 bits per heavy atom. The number of fused-ring (bicyclic) bond motifs is 1. The molecule has 0 aliphatic carbocycles. The number of nitrogens with zero attached hydrogens (tertiary/aromatic N) is 2. The lowest BCUT2D eigenvalue weighted by molar-refractivity contribution is -0.384. The molecule has 8 nitrogen and oxygen atoms in total. The van der Waals surface area contributed by atoms with E-state index in [1.807, 2.05) is 6.07 Å². The quantitative estimate of drug-likeness (QED) is 0.235. The lowest BCUT2D eigenvalue weighted by Gasteiger charge is -2.30. The first-order valence-electron chi connectivity index (χ1n) is 10.9. The Morgan fingerprint density at radius 2 is 1.80 bits per heavy atom. The summed E-state index contributed by atoms with van der Waals surface area (Å²) >= 11 is 0. The predicted octanol–water partition coefficient (Wildman–Crippen LogP) is 3.97. The predicted molar refractivity (Wildman–Crippen MR) is 126 cm³/mol. The van der Waals surface area contributed by atoms with Gasteiger partial charge in [0.1, 0.15) is 0 Å². The SMILES string of the molecule is CC(C)O.COCCNCC(O)(c1cn(Cc2ccccc2)c2cc([N+](=O)[O-])ccc12)C(F)(F)F. The van der Waals surface area contributed by atoms with Crippen molar-refractivity contribution in [2.75, 3.05) is 26.8 Å². The fourth-order valence-corrected chi connectivity index (χ4v) is 3.43. The van der Waals surface area contributed by atoms with Gasteiger partial charge in [-0.15, -0.1) is 0 Å².